The minimum Gasteiger partial charge on any atom is -0.508 e. The number of aliphatic imine (C=N–C) groups is 2. The number of benzene rings is 5. The van der Waals surface area contributed by atoms with Gasteiger partial charge in [-0.3, -0.25) is 29.4 Å². The number of aromatic hydroxyl groups is 1. The van der Waals surface area contributed by atoms with Crippen LogP contribution in [0.3, 0.4) is 0 Å². The number of fused-ring (bicyclic) bond motifs is 8. The van der Waals surface area contributed by atoms with Crippen molar-refractivity contribution in [2.45, 2.75) is 44.6 Å². The topological polar surface area (TPSA) is 122 Å². The Morgan fingerprint density at radius 3 is 1.98 bits per heavy atom. The van der Waals surface area contributed by atoms with Gasteiger partial charge in [0.15, 0.2) is 23.0 Å². The molecule has 0 saturated heterocycles. The maximum absolute atomic E-state index is 14.0. The molecule has 2 amide bonds. The Labute approximate surface area is 311 Å². The van der Waals surface area contributed by atoms with Gasteiger partial charge in [0.25, 0.3) is 11.8 Å². The zero-order chi connectivity index (χ0) is 37.1. The average Bonchev–Trinajstić information content (AvgIpc) is 3.63. The number of methoxy groups -OCH3 is 2. The summed E-state index contributed by atoms with van der Waals surface area (Å²) in [6, 6.07) is 27.5. The molecule has 0 radical (unpaired) electrons. The van der Waals surface area contributed by atoms with E-state index in [1.807, 2.05) is 78.9 Å². The zero-order valence-corrected chi connectivity index (χ0v) is 29.9. The number of amides is 2. The lowest BCUT2D eigenvalue weighted by atomic mass is 9.98. The first-order chi connectivity index (χ1) is 26.2. The van der Waals surface area contributed by atoms with Crippen LogP contribution in [0.2, 0.25) is 0 Å². The van der Waals surface area contributed by atoms with E-state index in [4.69, 9.17) is 28.9 Å². The third-order valence-corrected chi connectivity index (χ3v) is 10.4. The van der Waals surface area contributed by atoms with Gasteiger partial charge in [-0.05, 0) is 71.6 Å². The molecule has 2 atom stereocenters. The number of para-hydroxylation sites is 2. The SMILES string of the molecule is COc1cc2c(cc1OCc1cc(O)cc(COc3cc4c(cc3OC)C(=O)N3c5ccccc5CC3(C)C=N4)c1)N=C[C@@H]1Cc3ccccc3N1C2=O. The number of hydrogen-bond acceptors (Lipinski definition) is 9. The zero-order valence-electron chi connectivity index (χ0n) is 29.9. The largest absolute Gasteiger partial charge is 0.508 e. The van der Waals surface area contributed by atoms with Gasteiger partial charge < -0.3 is 24.1 Å². The maximum Gasteiger partial charge on any atom is 0.261 e. The van der Waals surface area contributed by atoms with Crippen molar-refractivity contribution in [3.8, 4) is 28.7 Å². The van der Waals surface area contributed by atoms with Crippen LogP contribution in [0.25, 0.3) is 0 Å². The molecule has 0 spiro atoms. The lowest BCUT2D eigenvalue weighted by Crippen LogP contribution is -2.48. The van der Waals surface area contributed by atoms with Crippen LogP contribution >= 0.6 is 0 Å². The molecule has 11 nitrogen and oxygen atoms in total. The average molecular weight is 721 g/mol. The van der Waals surface area contributed by atoms with Gasteiger partial charge in [-0.25, -0.2) is 0 Å². The van der Waals surface area contributed by atoms with Crippen molar-refractivity contribution in [2.75, 3.05) is 24.0 Å². The maximum atomic E-state index is 14.0. The van der Waals surface area contributed by atoms with E-state index in [9.17, 15) is 14.7 Å². The third kappa shape index (κ3) is 5.51. The number of nitrogens with zero attached hydrogens (tertiary/aromatic N) is 4. The van der Waals surface area contributed by atoms with Crippen molar-refractivity contribution in [1.29, 1.82) is 0 Å². The molecule has 11 heteroatoms. The highest BCUT2D eigenvalue weighted by Crippen LogP contribution is 2.45. The Balaban J connectivity index is 0.931. The van der Waals surface area contributed by atoms with Gasteiger partial charge in [0.05, 0.1) is 48.3 Å². The van der Waals surface area contributed by atoms with Gasteiger partial charge in [-0.15, -0.1) is 0 Å². The van der Waals surface area contributed by atoms with E-state index in [2.05, 4.69) is 0 Å². The predicted molar refractivity (Wildman–Crippen MR) is 205 cm³/mol. The van der Waals surface area contributed by atoms with Crippen molar-refractivity contribution in [1.82, 2.24) is 0 Å². The van der Waals surface area contributed by atoms with Crippen LogP contribution < -0.4 is 28.7 Å². The summed E-state index contributed by atoms with van der Waals surface area (Å²) in [6.45, 7) is 2.19. The summed E-state index contributed by atoms with van der Waals surface area (Å²) in [5, 5.41) is 10.7. The van der Waals surface area contributed by atoms with Crippen molar-refractivity contribution in [3.63, 3.8) is 0 Å². The fraction of sp³-hybridized carbons (Fsp3) is 0.209. The molecular formula is C43H36N4O7. The number of anilines is 2. The number of carbonyl (C=O) groups excluding carboxylic acids is 2. The Morgan fingerprint density at radius 2 is 1.31 bits per heavy atom. The van der Waals surface area contributed by atoms with Gasteiger partial charge >= 0.3 is 0 Å². The number of phenols is 1. The lowest BCUT2D eigenvalue weighted by molar-refractivity contribution is 0.0972. The van der Waals surface area contributed by atoms with E-state index < -0.39 is 5.54 Å². The summed E-state index contributed by atoms with van der Waals surface area (Å²) in [4.78, 5) is 40.8. The van der Waals surface area contributed by atoms with E-state index in [0.717, 1.165) is 22.5 Å². The Bertz CT molecular complexity index is 2440. The monoisotopic (exact) mass is 720 g/mol. The van der Waals surface area contributed by atoms with Crippen molar-refractivity contribution >= 4 is 47.0 Å². The van der Waals surface area contributed by atoms with Gasteiger partial charge in [-0.2, -0.15) is 0 Å². The molecule has 4 aliphatic heterocycles. The molecule has 0 aliphatic carbocycles. The molecule has 4 heterocycles. The summed E-state index contributed by atoms with van der Waals surface area (Å²) < 4.78 is 23.8. The molecule has 5 aromatic rings. The van der Waals surface area contributed by atoms with E-state index in [1.54, 1.807) is 41.3 Å². The summed E-state index contributed by atoms with van der Waals surface area (Å²) in [7, 11) is 3.05. The highest BCUT2D eigenvalue weighted by molar-refractivity contribution is 6.16. The highest BCUT2D eigenvalue weighted by Gasteiger charge is 2.45. The molecule has 0 saturated carbocycles. The molecule has 1 unspecified atom stereocenters. The molecule has 0 bridgehead atoms. The number of phenolic OH excluding ortho intramolecular Hbond substituents is 1. The fourth-order valence-corrected chi connectivity index (χ4v) is 7.91. The minimum atomic E-state index is -0.606. The molecule has 9 rings (SSSR count). The first-order valence-corrected chi connectivity index (χ1v) is 17.7. The van der Waals surface area contributed by atoms with Crippen LogP contribution in [-0.4, -0.2) is 55.2 Å². The number of rotatable bonds is 8. The van der Waals surface area contributed by atoms with Crippen molar-refractivity contribution in [2.24, 2.45) is 9.98 Å². The fourth-order valence-electron chi connectivity index (χ4n) is 7.91. The number of hydrogen-bond donors (Lipinski definition) is 1. The minimum absolute atomic E-state index is 0.0397. The van der Waals surface area contributed by atoms with E-state index in [1.165, 1.54) is 14.2 Å². The molecule has 270 valence electrons. The molecule has 54 heavy (non-hydrogen) atoms. The molecule has 4 aliphatic rings. The second kappa shape index (κ2) is 12.8. The summed E-state index contributed by atoms with van der Waals surface area (Å²) >= 11 is 0. The molecular weight excluding hydrogens is 684 g/mol. The van der Waals surface area contributed by atoms with Gasteiger partial charge in [0, 0.05) is 48.8 Å². The van der Waals surface area contributed by atoms with E-state index in [0.29, 0.717) is 69.5 Å². The smallest absolute Gasteiger partial charge is 0.261 e. The van der Waals surface area contributed by atoms with Crippen LogP contribution in [0.5, 0.6) is 28.7 Å². The Kier molecular flexibility index (Phi) is 7.88. The van der Waals surface area contributed by atoms with Gasteiger partial charge in [0.1, 0.15) is 19.0 Å². The molecule has 0 fully saturated rings. The molecule has 5 aromatic carbocycles. The van der Waals surface area contributed by atoms with Crippen LogP contribution in [-0.2, 0) is 26.1 Å². The molecule has 1 N–H and O–H groups in total. The second-order valence-electron chi connectivity index (χ2n) is 14.0. The highest BCUT2D eigenvalue weighted by atomic mass is 16.5. The van der Waals surface area contributed by atoms with Crippen LogP contribution in [0, 0.1) is 0 Å². The summed E-state index contributed by atoms with van der Waals surface area (Å²) in [5.41, 5.74) is 6.55. The van der Waals surface area contributed by atoms with Crippen LogP contribution in [0.15, 0.2) is 101 Å². The number of ether oxygens (including phenoxy) is 4. The second-order valence-corrected chi connectivity index (χ2v) is 14.0. The van der Waals surface area contributed by atoms with Crippen molar-refractivity contribution in [3.05, 3.63) is 124 Å². The Hall–Kier alpha value is -6.62. The van der Waals surface area contributed by atoms with Crippen LogP contribution in [0.1, 0.15) is 49.9 Å². The first kappa shape index (κ1) is 33.2. The molecule has 0 aromatic heterocycles. The number of carbonyl (C=O) groups is 2. The van der Waals surface area contributed by atoms with E-state index in [-0.39, 0.29) is 36.8 Å². The summed E-state index contributed by atoms with van der Waals surface area (Å²) in [6.07, 6.45) is 5.01. The first-order valence-electron chi connectivity index (χ1n) is 17.7. The standard InChI is InChI=1S/C43H36N4O7/c1-43-20-28-9-5-7-11-36(28)47(43)42(50)32-17-38(52-3)40(19-34(32)45-24-43)54-23-26-12-25(13-30(48)14-26)22-53-39-18-33-31(16-37(39)51-2)41(49)46-29(21-44-33)15-27-8-4-6-10-35(27)46/h4-14,16-19,21,24,29,48H,15,20,22-23H2,1-3H3/t29-,43?/m0/s1. The Morgan fingerprint density at radius 1 is 0.722 bits per heavy atom. The van der Waals surface area contributed by atoms with E-state index >= 15 is 0 Å². The predicted octanol–water partition coefficient (Wildman–Crippen LogP) is 7.53. The normalized spacial score (nSPS) is 18.8. The third-order valence-electron chi connectivity index (χ3n) is 10.4. The quantitative estimate of drug-likeness (QED) is 0.176. The van der Waals surface area contributed by atoms with Gasteiger partial charge in [0.2, 0.25) is 0 Å². The van der Waals surface area contributed by atoms with Crippen LogP contribution in [0.4, 0.5) is 22.7 Å². The summed E-state index contributed by atoms with van der Waals surface area (Å²) in [5.74, 6) is 1.33. The van der Waals surface area contributed by atoms with Crippen molar-refractivity contribution < 1.29 is 33.6 Å². The lowest BCUT2D eigenvalue weighted by Gasteiger charge is -2.31. The van der Waals surface area contributed by atoms with Gasteiger partial charge in [-0.1, -0.05) is 36.4 Å².